The van der Waals surface area contributed by atoms with Gasteiger partial charge in [0, 0.05) is 26.1 Å². The lowest BCUT2D eigenvalue weighted by molar-refractivity contribution is -0.120. The Kier molecular flexibility index (Phi) is 7.54. The Bertz CT molecular complexity index is 930. The number of urea groups is 1. The SMILES string of the molecule is C=CCNC(=O)CCNC(=O)N1CCc2cc(OC)c(OC)cc2[C@@H]1c1ccccc1. The number of benzene rings is 2. The summed E-state index contributed by atoms with van der Waals surface area (Å²) in [5.41, 5.74) is 3.14. The zero-order valence-corrected chi connectivity index (χ0v) is 18.0. The van der Waals surface area contributed by atoms with Crippen LogP contribution >= 0.6 is 0 Å². The summed E-state index contributed by atoms with van der Waals surface area (Å²) in [4.78, 5) is 26.7. The number of fused-ring (bicyclic) bond motifs is 1. The second kappa shape index (κ2) is 10.5. The molecule has 0 fully saturated rings. The van der Waals surface area contributed by atoms with Crippen molar-refractivity contribution in [3.05, 3.63) is 71.8 Å². The van der Waals surface area contributed by atoms with Crippen LogP contribution < -0.4 is 20.1 Å². The Morgan fingerprint density at radius 2 is 1.84 bits per heavy atom. The first kappa shape index (κ1) is 22.2. The molecule has 31 heavy (non-hydrogen) atoms. The van der Waals surface area contributed by atoms with E-state index < -0.39 is 0 Å². The molecule has 0 spiro atoms. The highest BCUT2D eigenvalue weighted by Crippen LogP contribution is 2.40. The topological polar surface area (TPSA) is 79.9 Å². The van der Waals surface area contributed by atoms with E-state index in [9.17, 15) is 9.59 Å². The van der Waals surface area contributed by atoms with Crippen molar-refractivity contribution >= 4 is 11.9 Å². The number of nitrogens with zero attached hydrogens (tertiary/aromatic N) is 1. The number of methoxy groups -OCH3 is 2. The standard InChI is InChI=1S/C24H29N3O4/c1-4-12-25-22(28)10-13-26-24(29)27-14-11-18-15-20(30-2)21(31-3)16-19(18)23(27)17-8-6-5-7-9-17/h4-9,15-16,23H,1,10-14H2,2-3H3,(H,25,28)(H,26,29)/t23-/m0/s1. The summed E-state index contributed by atoms with van der Waals surface area (Å²) >= 11 is 0. The zero-order chi connectivity index (χ0) is 22.2. The van der Waals surface area contributed by atoms with Crippen molar-refractivity contribution in [2.45, 2.75) is 18.9 Å². The fourth-order valence-corrected chi connectivity index (χ4v) is 3.82. The molecule has 0 radical (unpaired) electrons. The van der Waals surface area contributed by atoms with Crippen molar-refractivity contribution in [2.24, 2.45) is 0 Å². The molecule has 0 saturated heterocycles. The molecule has 2 aromatic rings. The van der Waals surface area contributed by atoms with Gasteiger partial charge in [0.25, 0.3) is 0 Å². The molecule has 1 aliphatic rings. The largest absolute Gasteiger partial charge is 0.493 e. The van der Waals surface area contributed by atoms with E-state index in [0.717, 1.165) is 16.7 Å². The monoisotopic (exact) mass is 423 g/mol. The van der Waals surface area contributed by atoms with Crippen LogP contribution in [0.1, 0.15) is 29.2 Å². The molecule has 2 aromatic carbocycles. The first-order valence-corrected chi connectivity index (χ1v) is 10.3. The number of amides is 3. The predicted octanol–water partition coefficient (Wildman–Crippen LogP) is 3.05. The Labute approximate surface area is 183 Å². The number of hydrogen-bond acceptors (Lipinski definition) is 4. The molecule has 0 aromatic heterocycles. The van der Waals surface area contributed by atoms with Gasteiger partial charge in [-0.3, -0.25) is 4.79 Å². The lowest BCUT2D eigenvalue weighted by atomic mass is 9.88. The Balaban J connectivity index is 1.84. The van der Waals surface area contributed by atoms with Crippen molar-refractivity contribution in [1.29, 1.82) is 0 Å². The lowest BCUT2D eigenvalue weighted by Crippen LogP contribution is -2.46. The fraction of sp³-hybridized carbons (Fsp3) is 0.333. The zero-order valence-electron chi connectivity index (χ0n) is 18.0. The summed E-state index contributed by atoms with van der Waals surface area (Å²) < 4.78 is 11.0. The summed E-state index contributed by atoms with van der Waals surface area (Å²) in [7, 11) is 3.22. The molecule has 3 amide bonds. The van der Waals surface area contributed by atoms with Crippen molar-refractivity contribution in [2.75, 3.05) is 33.9 Å². The Hall–Kier alpha value is -3.48. The maximum absolute atomic E-state index is 13.1. The number of nitrogens with one attached hydrogen (secondary N) is 2. The molecule has 0 unspecified atom stereocenters. The summed E-state index contributed by atoms with van der Waals surface area (Å²) in [6, 6.07) is 13.4. The van der Waals surface area contributed by atoms with Crippen LogP contribution in [0.3, 0.4) is 0 Å². The van der Waals surface area contributed by atoms with E-state index >= 15 is 0 Å². The van der Waals surface area contributed by atoms with Crippen LogP contribution in [-0.2, 0) is 11.2 Å². The number of ether oxygens (including phenoxy) is 2. The van der Waals surface area contributed by atoms with E-state index in [4.69, 9.17) is 9.47 Å². The van der Waals surface area contributed by atoms with Gasteiger partial charge < -0.3 is 25.0 Å². The number of rotatable bonds is 8. The highest BCUT2D eigenvalue weighted by Gasteiger charge is 2.33. The van der Waals surface area contributed by atoms with E-state index in [-0.39, 0.29) is 30.9 Å². The predicted molar refractivity (Wildman–Crippen MR) is 119 cm³/mol. The average Bonchev–Trinajstić information content (AvgIpc) is 2.81. The van der Waals surface area contributed by atoms with Gasteiger partial charge in [0.05, 0.1) is 20.3 Å². The van der Waals surface area contributed by atoms with E-state index in [0.29, 0.717) is 31.0 Å². The second-order valence-corrected chi connectivity index (χ2v) is 7.24. The third-order valence-electron chi connectivity index (χ3n) is 5.32. The molecule has 3 rings (SSSR count). The van der Waals surface area contributed by atoms with Crippen molar-refractivity contribution < 1.29 is 19.1 Å². The number of hydrogen-bond donors (Lipinski definition) is 2. The molecule has 7 heteroatoms. The molecule has 2 N–H and O–H groups in total. The Morgan fingerprint density at radius 1 is 1.13 bits per heavy atom. The van der Waals surface area contributed by atoms with Crippen LogP contribution in [0.15, 0.2) is 55.1 Å². The average molecular weight is 424 g/mol. The smallest absolute Gasteiger partial charge is 0.318 e. The molecular formula is C24H29N3O4. The first-order valence-electron chi connectivity index (χ1n) is 10.3. The summed E-state index contributed by atoms with van der Waals surface area (Å²) in [5.74, 6) is 1.18. The van der Waals surface area contributed by atoms with E-state index in [2.05, 4.69) is 17.2 Å². The molecule has 1 aliphatic heterocycles. The lowest BCUT2D eigenvalue weighted by Gasteiger charge is -2.38. The second-order valence-electron chi connectivity index (χ2n) is 7.24. The normalized spacial score (nSPS) is 14.9. The van der Waals surface area contributed by atoms with Crippen LogP contribution in [0, 0.1) is 0 Å². The van der Waals surface area contributed by atoms with Gasteiger partial charge in [-0.1, -0.05) is 36.4 Å². The molecule has 1 atom stereocenters. The highest BCUT2D eigenvalue weighted by atomic mass is 16.5. The van der Waals surface area contributed by atoms with Gasteiger partial charge in [-0.25, -0.2) is 4.79 Å². The van der Waals surface area contributed by atoms with Gasteiger partial charge >= 0.3 is 6.03 Å². The van der Waals surface area contributed by atoms with Crippen molar-refractivity contribution in [3.63, 3.8) is 0 Å². The van der Waals surface area contributed by atoms with Gasteiger partial charge in [-0.15, -0.1) is 6.58 Å². The maximum atomic E-state index is 13.1. The molecule has 1 heterocycles. The maximum Gasteiger partial charge on any atom is 0.318 e. The van der Waals surface area contributed by atoms with Gasteiger partial charge in [0.1, 0.15) is 0 Å². The molecule has 0 saturated carbocycles. The van der Waals surface area contributed by atoms with Gasteiger partial charge in [-0.2, -0.15) is 0 Å². The minimum absolute atomic E-state index is 0.124. The number of carbonyl (C=O) groups is 2. The van der Waals surface area contributed by atoms with E-state index in [1.54, 1.807) is 20.3 Å². The van der Waals surface area contributed by atoms with Crippen LogP contribution in [0.4, 0.5) is 4.79 Å². The minimum Gasteiger partial charge on any atom is -0.493 e. The molecule has 7 nitrogen and oxygen atoms in total. The molecule has 0 bridgehead atoms. The fourth-order valence-electron chi connectivity index (χ4n) is 3.82. The van der Waals surface area contributed by atoms with Crippen molar-refractivity contribution in [1.82, 2.24) is 15.5 Å². The molecule has 0 aliphatic carbocycles. The van der Waals surface area contributed by atoms with Crippen LogP contribution in [0.5, 0.6) is 11.5 Å². The minimum atomic E-state index is -0.264. The van der Waals surface area contributed by atoms with Crippen molar-refractivity contribution in [3.8, 4) is 11.5 Å². The third kappa shape index (κ3) is 5.17. The summed E-state index contributed by atoms with van der Waals surface area (Å²) in [6.45, 7) is 4.80. The molecule has 164 valence electrons. The number of carbonyl (C=O) groups excluding carboxylic acids is 2. The molecular weight excluding hydrogens is 394 g/mol. The van der Waals surface area contributed by atoms with E-state index in [1.807, 2.05) is 47.4 Å². The highest BCUT2D eigenvalue weighted by molar-refractivity contribution is 5.79. The van der Waals surface area contributed by atoms with Crippen LogP contribution in [0.2, 0.25) is 0 Å². The van der Waals surface area contributed by atoms with Crippen LogP contribution in [0.25, 0.3) is 0 Å². The summed E-state index contributed by atoms with van der Waals surface area (Å²) in [5, 5.41) is 5.59. The third-order valence-corrected chi connectivity index (χ3v) is 5.32. The van der Waals surface area contributed by atoms with Gasteiger partial charge in [-0.05, 0) is 35.2 Å². The van der Waals surface area contributed by atoms with Gasteiger partial charge in [0.15, 0.2) is 11.5 Å². The van der Waals surface area contributed by atoms with Crippen LogP contribution in [-0.4, -0.2) is 50.7 Å². The Morgan fingerprint density at radius 3 is 2.52 bits per heavy atom. The first-order chi connectivity index (χ1) is 15.1. The van der Waals surface area contributed by atoms with Gasteiger partial charge in [0.2, 0.25) is 5.91 Å². The van der Waals surface area contributed by atoms with E-state index in [1.165, 1.54) is 0 Å². The quantitative estimate of drug-likeness (QED) is 0.640. The summed E-state index contributed by atoms with van der Waals surface area (Å²) in [6.07, 6.45) is 2.53.